The number of aliphatic hydroxyl groups is 2. The number of carbonyl (C=O) groups is 2. The summed E-state index contributed by atoms with van der Waals surface area (Å²) in [4.78, 5) is 29.4. The van der Waals surface area contributed by atoms with Gasteiger partial charge < -0.3 is 40.7 Å². The molecule has 410 valence electrons. The summed E-state index contributed by atoms with van der Waals surface area (Å²) in [5.74, 6) is -4.47. The number of carbonyl (C=O) groups excluding carboxylic acids is 1. The number of likely N-dealkylation sites (N-methyl/N-ethyl adjacent to an activating group) is 1. The number of sulfonamides is 2. The Kier molecular flexibility index (Phi) is 15.3. The third-order valence-corrected chi connectivity index (χ3v) is 14.5. The van der Waals surface area contributed by atoms with Crippen molar-refractivity contribution in [3.05, 3.63) is 143 Å². The Morgan fingerprint density at radius 2 is 0.935 bits per heavy atom. The maximum absolute atomic E-state index is 13.7. The fourth-order valence-corrected chi connectivity index (χ4v) is 10.2. The lowest BCUT2D eigenvalue weighted by molar-refractivity contribution is -0.275. The summed E-state index contributed by atoms with van der Waals surface area (Å²) >= 11 is 0. The van der Waals surface area contributed by atoms with Crippen LogP contribution < -0.4 is 34.0 Å². The zero-order chi connectivity index (χ0) is 56.8. The molecule has 0 spiro atoms. The van der Waals surface area contributed by atoms with Gasteiger partial charge in [-0.3, -0.25) is 13.4 Å². The summed E-state index contributed by atoms with van der Waals surface area (Å²) in [5, 5.41) is 37.0. The zero-order valence-electron chi connectivity index (χ0n) is 38.2. The number of fused-ring (bicyclic) bond motifs is 4. The molecule has 4 heterocycles. The third kappa shape index (κ3) is 12.8. The first-order valence-corrected chi connectivity index (χ1v) is 24.1. The Balaban J connectivity index is 0.000000224. The number of pyridine rings is 2. The number of carboxylic acid groups (broad SMARTS) is 1. The molecule has 0 saturated carbocycles. The molecule has 0 bridgehead atoms. The van der Waals surface area contributed by atoms with Gasteiger partial charge >= 0.3 is 31.0 Å². The minimum Gasteiger partial charge on any atom is -0.479 e. The number of benzene rings is 4. The smallest absolute Gasteiger partial charge is 0.479 e. The molecule has 6 N–H and O–H groups in total. The molecule has 8 rings (SSSR count). The van der Waals surface area contributed by atoms with Gasteiger partial charge in [0.25, 0.3) is 26.0 Å². The second-order valence-electron chi connectivity index (χ2n) is 16.0. The van der Waals surface area contributed by atoms with E-state index in [0.29, 0.717) is 16.4 Å². The van der Waals surface area contributed by atoms with E-state index in [-0.39, 0.29) is 56.6 Å². The van der Waals surface area contributed by atoms with Crippen LogP contribution in [-0.2, 0) is 55.1 Å². The summed E-state index contributed by atoms with van der Waals surface area (Å²) < 4.78 is 218. The molecule has 6 aromatic rings. The summed E-state index contributed by atoms with van der Waals surface area (Å²) in [7, 11) is -7.95. The van der Waals surface area contributed by atoms with Gasteiger partial charge in [0.2, 0.25) is 0 Å². The van der Waals surface area contributed by atoms with Crippen LogP contribution in [-0.4, -0.2) is 73.8 Å². The predicted molar refractivity (Wildman–Crippen MR) is 243 cm³/mol. The van der Waals surface area contributed by atoms with Crippen molar-refractivity contribution in [1.29, 1.82) is 0 Å². The van der Waals surface area contributed by atoms with Crippen LogP contribution in [0.4, 0.5) is 87.1 Å². The molecule has 0 radical (unpaired) electrons. The molecule has 0 fully saturated rings. The van der Waals surface area contributed by atoms with Gasteiger partial charge in [-0.15, -0.1) is 26.3 Å². The van der Waals surface area contributed by atoms with Crippen LogP contribution in [0.1, 0.15) is 45.8 Å². The van der Waals surface area contributed by atoms with Crippen molar-refractivity contribution < 1.29 is 104 Å². The Morgan fingerprint density at radius 1 is 0.571 bits per heavy atom. The van der Waals surface area contributed by atoms with E-state index in [1.807, 2.05) is 0 Å². The number of aliphatic hydroxyl groups excluding tert-OH is 2. The molecule has 2 aromatic heterocycles. The van der Waals surface area contributed by atoms with Crippen LogP contribution >= 0.6 is 0 Å². The van der Waals surface area contributed by atoms with E-state index >= 15 is 0 Å². The average Bonchev–Trinajstić information content (AvgIpc) is 3.68. The molecule has 18 nitrogen and oxygen atoms in total. The van der Waals surface area contributed by atoms with Gasteiger partial charge in [-0.1, -0.05) is 24.3 Å². The number of hydrogen-bond donors (Lipinski definition) is 6. The monoisotopic (exact) mass is 1140 g/mol. The third-order valence-electron chi connectivity index (χ3n) is 10.9. The van der Waals surface area contributed by atoms with E-state index in [2.05, 4.69) is 35.4 Å². The van der Waals surface area contributed by atoms with Crippen molar-refractivity contribution in [3.63, 3.8) is 0 Å². The minimum atomic E-state index is -5.02. The van der Waals surface area contributed by atoms with Crippen molar-refractivity contribution in [1.82, 2.24) is 15.3 Å². The van der Waals surface area contributed by atoms with E-state index < -0.39 is 115 Å². The molecule has 2 aliphatic rings. The Bertz CT molecular complexity index is 3460. The number of halogens is 12. The molecule has 2 unspecified atom stereocenters. The lowest BCUT2D eigenvalue weighted by Gasteiger charge is -2.25. The second kappa shape index (κ2) is 20.8. The summed E-state index contributed by atoms with van der Waals surface area (Å²) in [6, 6.07) is 16.8. The van der Waals surface area contributed by atoms with Gasteiger partial charge in [-0.2, -0.15) is 26.3 Å². The number of rotatable bonds is 10. The summed E-state index contributed by atoms with van der Waals surface area (Å²) in [6.45, 7) is -1.15. The number of aromatic nitrogens is 2. The average molecular weight is 1140 g/mol. The van der Waals surface area contributed by atoms with Gasteiger partial charge in [0, 0.05) is 18.2 Å². The van der Waals surface area contributed by atoms with Crippen LogP contribution in [0.3, 0.4) is 0 Å². The Labute approximate surface area is 425 Å². The van der Waals surface area contributed by atoms with E-state index in [1.54, 1.807) is 0 Å². The molecule has 0 saturated heterocycles. The van der Waals surface area contributed by atoms with Gasteiger partial charge in [-0.25, -0.2) is 31.6 Å². The summed E-state index contributed by atoms with van der Waals surface area (Å²) in [5.41, 5.74) is -3.32. The molecule has 0 aliphatic carbocycles. The second-order valence-corrected chi connectivity index (χ2v) is 19.8. The SMILES string of the molecule is CNC(=O)C(O)c1ccc2c(c1)N(S(=O)(=O)c1ccc(OC(F)(F)F)cc1)Cc1ccc(C(F)(F)F)nc1N2.O=C(O)C(O)c1ccc2c(c1)N(S(=O)(=O)c1ccc(OC(F)(F)F)cc1)Cc1ccc(C(F)(F)F)nc1N2. The molecule has 4 aromatic carbocycles. The Morgan fingerprint density at radius 3 is 1.26 bits per heavy atom. The minimum absolute atomic E-state index is 0.00451. The number of carboxylic acids is 1. The molecule has 1 amide bonds. The molecular formula is C45H33F12N7O11S2. The van der Waals surface area contributed by atoms with Crippen molar-refractivity contribution in [3.8, 4) is 11.5 Å². The van der Waals surface area contributed by atoms with Gasteiger partial charge in [0.05, 0.1) is 45.6 Å². The van der Waals surface area contributed by atoms with Gasteiger partial charge in [0.15, 0.2) is 12.2 Å². The number of nitrogens with one attached hydrogen (secondary N) is 3. The maximum atomic E-state index is 13.7. The number of amides is 1. The largest absolute Gasteiger partial charge is 0.573 e. The number of nitrogens with zero attached hydrogens (tertiary/aromatic N) is 4. The maximum Gasteiger partial charge on any atom is 0.573 e. The standard InChI is InChI=1S/C23H18F6N4O5S.C22H15F6N3O6S/c1-30-21(35)19(34)12-2-8-16-17(10-12)33(11-13-3-9-18(22(24,25)26)32-20(13)31-16)39(36,37)15-6-4-14(5-7-15)38-23(27,28)29;23-21(24,25)17-8-2-12-10-31(38(35,36)14-5-3-13(4-6-14)37-22(26,27)28)16-9-11(18(32)20(33)34)1-7-15(16)29-19(12)30-17/h2-10,19,34H,11H2,1H3,(H,30,35)(H,31,32);1-9,18,32H,10H2,(H,29,30)(H,33,34). The van der Waals surface area contributed by atoms with Crippen LogP contribution in [0.2, 0.25) is 0 Å². The highest BCUT2D eigenvalue weighted by atomic mass is 32.2. The first kappa shape index (κ1) is 56.6. The fraction of sp³-hybridized carbons (Fsp3) is 0.200. The van der Waals surface area contributed by atoms with Crippen molar-refractivity contribution in [2.45, 2.75) is 60.2 Å². The number of alkyl halides is 12. The van der Waals surface area contributed by atoms with E-state index in [9.17, 15) is 89.3 Å². The van der Waals surface area contributed by atoms with E-state index in [1.165, 1.54) is 19.2 Å². The van der Waals surface area contributed by atoms with Crippen molar-refractivity contribution >= 4 is 66.3 Å². The number of ether oxygens (including phenoxy) is 2. The lowest BCUT2D eigenvalue weighted by Crippen LogP contribution is -2.31. The first-order valence-electron chi connectivity index (χ1n) is 21.2. The normalized spacial score (nSPS) is 14.5. The summed E-state index contributed by atoms with van der Waals surface area (Å²) in [6.07, 6.45) is -23.4. The number of aliphatic carboxylic acids is 1. The van der Waals surface area contributed by atoms with Crippen LogP contribution in [0, 0.1) is 0 Å². The fourth-order valence-electron chi connectivity index (χ4n) is 7.30. The van der Waals surface area contributed by atoms with Gasteiger partial charge in [-0.05, 0) is 96.1 Å². The van der Waals surface area contributed by atoms with E-state index in [0.717, 1.165) is 89.2 Å². The highest BCUT2D eigenvalue weighted by Gasteiger charge is 2.39. The van der Waals surface area contributed by atoms with E-state index in [4.69, 9.17) is 5.11 Å². The zero-order valence-corrected chi connectivity index (χ0v) is 39.8. The van der Waals surface area contributed by atoms with Crippen LogP contribution in [0.5, 0.6) is 11.5 Å². The van der Waals surface area contributed by atoms with Crippen LogP contribution in [0.15, 0.2) is 119 Å². The molecule has 32 heteroatoms. The lowest BCUT2D eigenvalue weighted by atomic mass is 10.1. The molecule has 77 heavy (non-hydrogen) atoms. The molecule has 2 atom stereocenters. The van der Waals surface area contributed by atoms with Crippen molar-refractivity contribution in [2.75, 3.05) is 26.3 Å². The molecule has 2 aliphatic heterocycles. The predicted octanol–water partition coefficient (Wildman–Crippen LogP) is 8.80. The first-order chi connectivity index (χ1) is 35.7. The highest BCUT2D eigenvalue weighted by Crippen LogP contribution is 2.44. The quantitative estimate of drug-likeness (QED) is 0.0702. The van der Waals surface area contributed by atoms with Crippen molar-refractivity contribution in [2.24, 2.45) is 0 Å². The highest BCUT2D eigenvalue weighted by molar-refractivity contribution is 7.93. The van der Waals surface area contributed by atoms with Crippen LogP contribution in [0.25, 0.3) is 0 Å². The Hall–Kier alpha value is -8.10. The number of anilines is 6. The number of hydrogen-bond acceptors (Lipinski definition) is 14. The topological polar surface area (TPSA) is 250 Å². The molecular weight excluding hydrogens is 1110 g/mol. The van der Waals surface area contributed by atoms with Gasteiger partial charge in [0.1, 0.15) is 34.5 Å².